The van der Waals surface area contributed by atoms with Gasteiger partial charge in [0.15, 0.2) is 0 Å². The Bertz CT molecular complexity index is 365. The SMILES string of the molecule is CONC1CCCCC1C1CCCCN1C(=O)OC(C)(C)C. The van der Waals surface area contributed by atoms with Gasteiger partial charge >= 0.3 is 6.09 Å². The molecule has 0 spiro atoms. The molecule has 1 aliphatic carbocycles. The number of amides is 1. The van der Waals surface area contributed by atoms with E-state index in [2.05, 4.69) is 5.48 Å². The first-order chi connectivity index (χ1) is 10.4. The summed E-state index contributed by atoms with van der Waals surface area (Å²) in [6.45, 7) is 6.61. The summed E-state index contributed by atoms with van der Waals surface area (Å²) in [4.78, 5) is 19.8. The predicted molar refractivity (Wildman–Crippen MR) is 86.5 cm³/mol. The van der Waals surface area contributed by atoms with E-state index in [0.717, 1.165) is 32.2 Å². The Morgan fingerprint density at radius 2 is 1.77 bits per heavy atom. The lowest BCUT2D eigenvalue weighted by Crippen LogP contribution is -2.54. The molecule has 1 saturated heterocycles. The number of carbonyl (C=O) groups excluding carboxylic acids is 1. The average Bonchev–Trinajstić information content (AvgIpc) is 2.46. The molecule has 3 atom stereocenters. The van der Waals surface area contributed by atoms with Crippen LogP contribution < -0.4 is 5.48 Å². The van der Waals surface area contributed by atoms with Gasteiger partial charge in [-0.25, -0.2) is 4.79 Å². The van der Waals surface area contributed by atoms with Gasteiger partial charge in [-0.05, 0) is 58.8 Å². The van der Waals surface area contributed by atoms with Crippen molar-refractivity contribution in [2.24, 2.45) is 5.92 Å². The number of hydrogen-bond donors (Lipinski definition) is 1. The monoisotopic (exact) mass is 312 g/mol. The molecule has 5 heteroatoms. The van der Waals surface area contributed by atoms with Crippen LogP contribution in [0.1, 0.15) is 65.7 Å². The van der Waals surface area contributed by atoms with Crippen LogP contribution in [0.5, 0.6) is 0 Å². The van der Waals surface area contributed by atoms with Gasteiger partial charge in [0, 0.05) is 18.6 Å². The molecule has 1 N–H and O–H groups in total. The second-order valence-electron chi connectivity index (χ2n) is 7.61. The van der Waals surface area contributed by atoms with Gasteiger partial charge in [-0.2, -0.15) is 5.48 Å². The fourth-order valence-electron chi connectivity index (χ4n) is 3.87. The fourth-order valence-corrected chi connectivity index (χ4v) is 3.87. The highest BCUT2D eigenvalue weighted by Gasteiger charge is 2.39. The molecule has 1 saturated carbocycles. The molecule has 3 unspecified atom stereocenters. The molecule has 128 valence electrons. The lowest BCUT2D eigenvalue weighted by Gasteiger charge is -2.45. The van der Waals surface area contributed by atoms with Crippen molar-refractivity contribution in [2.45, 2.75) is 83.4 Å². The predicted octanol–water partition coefficient (Wildman–Crippen LogP) is 3.49. The summed E-state index contributed by atoms with van der Waals surface area (Å²) in [5.41, 5.74) is 2.73. The minimum Gasteiger partial charge on any atom is -0.444 e. The third kappa shape index (κ3) is 4.59. The van der Waals surface area contributed by atoms with E-state index < -0.39 is 5.60 Å². The zero-order valence-corrected chi connectivity index (χ0v) is 14.6. The molecular formula is C17H32N2O3. The molecule has 1 aliphatic heterocycles. The van der Waals surface area contributed by atoms with E-state index in [-0.39, 0.29) is 12.1 Å². The van der Waals surface area contributed by atoms with Crippen LogP contribution in [0, 0.1) is 5.92 Å². The summed E-state index contributed by atoms with van der Waals surface area (Å²) in [5.74, 6) is 0.460. The standard InChI is InChI=1S/C17H32N2O3/c1-17(2,3)22-16(20)19-12-8-7-11-15(19)13-9-5-6-10-14(13)18-21-4/h13-15,18H,5-12H2,1-4H3. The van der Waals surface area contributed by atoms with Gasteiger partial charge in [0.25, 0.3) is 0 Å². The first-order valence-electron chi connectivity index (χ1n) is 8.70. The van der Waals surface area contributed by atoms with Gasteiger partial charge in [-0.15, -0.1) is 0 Å². The van der Waals surface area contributed by atoms with Crippen molar-refractivity contribution < 1.29 is 14.4 Å². The number of hydroxylamine groups is 1. The maximum absolute atomic E-state index is 12.6. The Labute approximate surface area is 134 Å². The summed E-state index contributed by atoms with van der Waals surface area (Å²) in [7, 11) is 1.68. The minimum absolute atomic E-state index is 0.154. The number of carbonyl (C=O) groups is 1. The first-order valence-corrected chi connectivity index (χ1v) is 8.70. The molecule has 1 amide bonds. The van der Waals surface area contributed by atoms with Crippen LogP contribution >= 0.6 is 0 Å². The summed E-state index contributed by atoms with van der Waals surface area (Å²) in [6.07, 6.45) is 7.94. The van der Waals surface area contributed by atoms with Crippen molar-refractivity contribution in [1.82, 2.24) is 10.4 Å². The number of nitrogens with zero attached hydrogens (tertiary/aromatic N) is 1. The van der Waals surface area contributed by atoms with Crippen LogP contribution in [0.15, 0.2) is 0 Å². The Morgan fingerprint density at radius 1 is 1.09 bits per heavy atom. The van der Waals surface area contributed by atoms with E-state index in [9.17, 15) is 4.79 Å². The highest BCUT2D eigenvalue weighted by atomic mass is 16.6. The number of ether oxygens (including phenoxy) is 1. The number of rotatable bonds is 3. The van der Waals surface area contributed by atoms with E-state index in [1.165, 1.54) is 19.3 Å². The molecule has 2 rings (SSSR count). The molecule has 2 fully saturated rings. The summed E-state index contributed by atoms with van der Waals surface area (Å²) < 4.78 is 5.63. The van der Waals surface area contributed by atoms with Crippen molar-refractivity contribution in [1.29, 1.82) is 0 Å². The fraction of sp³-hybridized carbons (Fsp3) is 0.941. The van der Waals surface area contributed by atoms with Crippen molar-refractivity contribution in [3.05, 3.63) is 0 Å². The highest BCUT2D eigenvalue weighted by molar-refractivity contribution is 5.68. The highest BCUT2D eigenvalue weighted by Crippen LogP contribution is 2.34. The third-order valence-corrected chi connectivity index (χ3v) is 4.76. The quantitative estimate of drug-likeness (QED) is 0.811. The Hall–Kier alpha value is -0.810. The maximum Gasteiger partial charge on any atom is 0.410 e. The van der Waals surface area contributed by atoms with Crippen LogP contribution in [0.3, 0.4) is 0 Å². The van der Waals surface area contributed by atoms with Crippen LogP contribution in [0.4, 0.5) is 4.79 Å². The molecule has 0 aromatic carbocycles. The van der Waals surface area contributed by atoms with E-state index in [1.54, 1.807) is 7.11 Å². The lowest BCUT2D eigenvalue weighted by molar-refractivity contribution is -0.0255. The molecule has 0 radical (unpaired) electrons. The zero-order chi connectivity index (χ0) is 16.2. The Morgan fingerprint density at radius 3 is 2.45 bits per heavy atom. The molecular weight excluding hydrogens is 280 g/mol. The molecule has 2 aliphatic rings. The molecule has 0 bridgehead atoms. The van der Waals surface area contributed by atoms with Gasteiger partial charge in [-0.1, -0.05) is 12.8 Å². The Balaban J connectivity index is 2.09. The average molecular weight is 312 g/mol. The number of piperidine rings is 1. The van der Waals surface area contributed by atoms with Crippen molar-refractivity contribution in [3.8, 4) is 0 Å². The van der Waals surface area contributed by atoms with Crippen LogP contribution in [0.2, 0.25) is 0 Å². The molecule has 22 heavy (non-hydrogen) atoms. The molecule has 0 aromatic heterocycles. The number of likely N-dealkylation sites (tertiary alicyclic amines) is 1. The second kappa shape index (κ2) is 7.64. The van der Waals surface area contributed by atoms with Crippen molar-refractivity contribution in [2.75, 3.05) is 13.7 Å². The van der Waals surface area contributed by atoms with E-state index in [0.29, 0.717) is 12.0 Å². The summed E-state index contributed by atoms with van der Waals surface area (Å²) in [5, 5.41) is 0. The van der Waals surface area contributed by atoms with Gasteiger partial charge in [0.05, 0.1) is 7.11 Å². The van der Waals surface area contributed by atoms with Crippen molar-refractivity contribution in [3.63, 3.8) is 0 Å². The van der Waals surface area contributed by atoms with Gasteiger partial charge < -0.3 is 14.5 Å². The Kier molecular flexibility index (Phi) is 6.09. The third-order valence-electron chi connectivity index (χ3n) is 4.76. The maximum atomic E-state index is 12.6. The molecule has 1 heterocycles. The zero-order valence-electron chi connectivity index (χ0n) is 14.6. The van der Waals surface area contributed by atoms with Gasteiger partial charge in [0.1, 0.15) is 5.60 Å². The summed E-state index contributed by atoms with van der Waals surface area (Å²) >= 11 is 0. The molecule has 5 nitrogen and oxygen atoms in total. The topological polar surface area (TPSA) is 50.8 Å². The van der Waals surface area contributed by atoms with E-state index in [1.807, 2.05) is 25.7 Å². The number of nitrogens with one attached hydrogen (secondary N) is 1. The largest absolute Gasteiger partial charge is 0.444 e. The van der Waals surface area contributed by atoms with Crippen LogP contribution in [-0.2, 0) is 9.57 Å². The lowest BCUT2D eigenvalue weighted by atomic mass is 9.77. The first kappa shape index (κ1) is 17.5. The van der Waals surface area contributed by atoms with Crippen LogP contribution in [0.25, 0.3) is 0 Å². The van der Waals surface area contributed by atoms with E-state index >= 15 is 0 Å². The smallest absolute Gasteiger partial charge is 0.410 e. The number of hydrogen-bond acceptors (Lipinski definition) is 4. The minimum atomic E-state index is -0.435. The van der Waals surface area contributed by atoms with Gasteiger partial charge in [-0.3, -0.25) is 0 Å². The normalized spacial score (nSPS) is 30.2. The second-order valence-corrected chi connectivity index (χ2v) is 7.61. The summed E-state index contributed by atoms with van der Waals surface area (Å²) in [6, 6.07) is 0.614. The van der Waals surface area contributed by atoms with Crippen LogP contribution in [-0.4, -0.2) is 42.3 Å². The van der Waals surface area contributed by atoms with Crippen molar-refractivity contribution >= 4 is 6.09 Å². The van der Waals surface area contributed by atoms with E-state index in [4.69, 9.17) is 9.57 Å². The molecule has 0 aromatic rings. The van der Waals surface area contributed by atoms with Gasteiger partial charge in [0.2, 0.25) is 0 Å².